The summed E-state index contributed by atoms with van der Waals surface area (Å²) in [7, 11) is -2.77. The second kappa shape index (κ2) is 7.60. The Morgan fingerprint density at radius 2 is 1.60 bits per heavy atom. The number of sulfone groups is 1. The van der Waals surface area contributed by atoms with E-state index in [2.05, 4.69) is 15.0 Å². The number of halogens is 8. The van der Waals surface area contributed by atoms with Crippen molar-refractivity contribution in [1.29, 1.82) is 0 Å². The molecule has 0 unspecified atom stereocenters. The lowest BCUT2D eigenvalue weighted by molar-refractivity contribution is -0.290. The largest absolute Gasteiger partial charge is 0.459 e. The minimum atomic E-state index is -5.95. The van der Waals surface area contributed by atoms with Gasteiger partial charge in [0.2, 0.25) is 0 Å². The molecule has 0 saturated heterocycles. The number of rotatable bonds is 4. The molecule has 0 aliphatic carbocycles. The number of hydrogen-bond acceptors (Lipinski definition) is 5. The molecule has 7 nitrogen and oxygen atoms in total. The number of imidazole rings is 2. The Bertz CT molecular complexity index is 1570. The van der Waals surface area contributed by atoms with Gasteiger partial charge in [0.15, 0.2) is 9.84 Å². The van der Waals surface area contributed by atoms with Crippen molar-refractivity contribution in [2.24, 2.45) is 7.05 Å². The predicted molar refractivity (Wildman–Crippen MR) is 105 cm³/mol. The first kappa shape index (κ1) is 24.8. The fourth-order valence-corrected chi connectivity index (χ4v) is 4.44. The Kier molecular flexibility index (Phi) is 5.39. The van der Waals surface area contributed by atoms with Crippen LogP contribution in [0.2, 0.25) is 0 Å². The van der Waals surface area contributed by atoms with Gasteiger partial charge in [-0.2, -0.15) is 35.1 Å². The smallest absolute Gasteiger partial charge is 0.326 e. The Morgan fingerprint density at radius 1 is 0.943 bits per heavy atom. The molecule has 35 heavy (non-hydrogen) atoms. The molecule has 4 aromatic rings. The van der Waals surface area contributed by atoms with Crippen LogP contribution in [0.4, 0.5) is 35.1 Å². The van der Waals surface area contributed by atoms with Gasteiger partial charge in [0.05, 0.1) is 27.9 Å². The molecular formula is C19H13F8N5O2S. The van der Waals surface area contributed by atoms with Gasteiger partial charge in [-0.15, -0.1) is 0 Å². The van der Waals surface area contributed by atoms with Crippen LogP contribution >= 0.6 is 0 Å². The van der Waals surface area contributed by atoms with E-state index in [9.17, 15) is 43.5 Å². The van der Waals surface area contributed by atoms with Crippen LogP contribution in [0, 0.1) is 0 Å². The van der Waals surface area contributed by atoms with E-state index < -0.39 is 55.8 Å². The summed E-state index contributed by atoms with van der Waals surface area (Å²) in [5.74, 6) is -5.99. The molecule has 4 heterocycles. The molecule has 188 valence electrons. The third-order valence-corrected chi connectivity index (χ3v) is 7.00. The fourth-order valence-electron chi connectivity index (χ4n) is 3.37. The van der Waals surface area contributed by atoms with Crippen molar-refractivity contribution in [1.82, 2.24) is 23.9 Å². The number of fused-ring (bicyclic) bond motifs is 2. The molecule has 0 amide bonds. The summed E-state index contributed by atoms with van der Waals surface area (Å²) in [5.41, 5.74) is -3.74. The molecule has 16 heteroatoms. The maximum absolute atomic E-state index is 13.8. The Labute approximate surface area is 191 Å². The average Bonchev–Trinajstić information content (AvgIpc) is 3.32. The normalized spacial score (nSPS) is 13.8. The van der Waals surface area contributed by atoms with Gasteiger partial charge in [0.25, 0.3) is 0 Å². The molecule has 0 bridgehead atoms. The van der Waals surface area contributed by atoms with Crippen molar-refractivity contribution in [2.75, 3.05) is 5.75 Å². The highest BCUT2D eigenvalue weighted by Gasteiger charge is 2.60. The van der Waals surface area contributed by atoms with E-state index in [0.717, 1.165) is 18.5 Å². The first-order chi connectivity index (χ1) is 16.0. The molecule has 4 rings (SSSR count). The fraction of sp³-hybridized carbons (Fsp3) is 0.316. The summed E-state index contributed by atoms with van der Waals surface area (Å²) < 4.78 is 133. The molecule has 0 fully saturated rings. The number of hydrogen-bond donors (Lipinski definition) is 0. The monoisotopic (exact) mass is 527 g/mol. The van der Waals surface area contributed by atoms with Gasteiger partial charge in [0, 0.05) is 25.0 Å². The topological polar surface area (TPSA) is 82.2 Å². The van der Waals surface area contributed by atoms with Crippen LogP contribution < -0.4 is 0 Å². The second-order valence-corrected chi connectivity index (χ2v) is 9.72. The van der Waals surface area contributed by atoms with E-state index in [0.29, 0.717) is 16.7 Å². The lowest BCUT2D eigenvalue weighted by Crippen LogP contribution is -2.33. The van der Waals surface area contributed by atoms with Crippen molar-refractivity contribution >= 4 is 26.5 Å². The maximum Gasteiger partial charge on any atom is 0.459 e. The number of aromatic nitrogens is 5. The van der Waals surface area contributed by atoms with E-state index in [4.69, 9.17) is 0 Å². The molecule has 0 aromatic carbocycles. The lowest BCUT2D eigenvalue weighted by atomic mass is 10.2. The van der Waals surface area contributed by atoms with Gasteiger partial charge in [-0.1, -0.05) is 6.92 Å². The summed E-state index contributed by atoms with van der Waals surface area (Å²) in [6.07, 6.45) is -8.69. The van der Waals surface area contributed by atoms with Crippen LogP contribution in [0.3, 0.4) is 0 Å². The minimum Gasteiger partial charge on any atom is -0.326 e. The van der Waals surface area contributed by atoms with Gasteiger partial charge in [0.1, 0.15) is 22.9 Å². The molecule has 0 radical (unpaired) electrons. The molecule has 4 aromatic heterocycles. The van der Waals surface area contributed by atoms with Gasteiger partial charge in [-0.05, 0) is 12.1 Å². The Hall–Kier alpha value is -3.30. The van der Waals surface area contributed by atoms with Crippen LogP contribution in [0.15, 0.2) is 35.6 Å². The van der Waals surface area contributed by atoms with Crippen molar-refractivity contribution in [3.05, 3.63) is 42.1 Å². The first-order valence-electron chi connectivity index (χ1n) is 9.58. The van der Waals surface area contributed by atoms with Gasteiger partial charge >= 0.3 is 18.3 Å². The van der Waals surface area contributed by atoms with Crippen molar-refractivity contribution in [3.8, 4) is 11.4 Å². The standard InChI is InChI=1S/C19H13F8N5O2S/c1-3-35(33,34)12-7-32-8-14(17(20,21)19(25,26)27)30-15(32)4-9(12)16-29-10-5-13(18(22,23)24)28-6-11(10)31(16)2/h4-8H,3H2,1-2H3. The van der Waals surface area contributed by atoms with Crippen molar-refractivity contribution < 1.29 is 43.5 Å². The molecule has 0 saturated carbocycles. The number of alkyl halides is 8. The highest BCUT2D eigenvalue weighted by atomic mass is 32.2. The van der Waals surface area contributed by atoms with E-state index in [1.54, 1.807) is 0 Å². The van der Waals surface area contributed by atoms with E-state index in [1.165, 1.54) is 18.5 Å². The van der Waals surface area contributed by atoms with E-state index in [1.807, 2.05) is 0 Å². The van der Waals surface area contributed by atoms with Gasteiger partial charge < -0.3 is 8.97 Å². The zero-order chi connectivity index (χ0) is 26.1. The highest BCUT2D eigenvalue weighted by Crippen LogP contribution is 2.43. The lowest BCUT2D eigenvalue weighted by Gasteiger charge is -2.16. The maximum atomic E-state index is 13.8. The summed E-state index contributed by atoms with van der Waals surface area (Å²) in [6.45, 7) is 1.27. The zero-order valence-corrected chi connectivity index (χ0v) is 18.4. The Balaban J connectivity index is 2.01. The third kappa shape index (κ3) is 3.98. The molecular weight excluding hydrogens is 514 g/mol. The summed E-state index contributed by atoms with van der Waals surface area (Å²) in [6, 6.07) is 1.57. The SMILES string of the molecule is CCS(=O)(=O)c1cn2cc(C(F)(F)C(F)(F)F)nc2cc1-c1nc2cc(C(F)(F)F)ncc2n1C. The predicted octanol–water partition coefficient (Wildman–Crippen LogP) is 4.75. The van der Waals surface area contributed by atoms with Crippen LogP contribution in [0.1, 0.15) is 18.3 Å². The minimum absolute atomic E-state index is 0.0837. The third-order valence-electron chi connectivity index (χ3n) is 5.25. The van der Waals surface area contributed by atoms with Crippen LogP contribution in [0.5, 0.6) is 0 Å². The quantitative estimate of drug-likeness (QED) is 0.358. The average molecular weight is 527 g/mol. The number of nitrogens with zero attached hydrogens (tertiary/aromatic N) is 5. The number of aryl methyl sites for hydroxylation is 1. The summed E-state index contributed by atoms with van der Waals surface area (Å²) in [4.78, 5) is 10.2. The second-order valence-electron chi connectivity index (χ2n) is 7.47. The van der Waals surface area contributed by atoms with Crippen LogP contribution in [-0.2, 0) is 29.0 Å². The van der Waals surface area contributed by atoms with E-state index in [-0.39, 0.29) is 22.4 Å². The molecule has 0 spiro atoms. The molecule has 0 aliphatic rings. The number of pyridine rings is 2. The summed E-state index contributed by atoms with van der Waals surface area (Å²) in [5, 5.41) is 0. The van der Waals surface area contributed by atoms with Crippen LogP contribution in [-0.4, -0.2) is 44.3 Å². The van der Waals surface area contributed by atoms with E-state index >= 15 is 0 Å². The van der Waals surface area contributed by atoms with Crippen molar-refractivity contribution in [2.45, 2.75) is 30.1 Å². The zero-order valence-electron chi connectivity index (χ0n) is 17.6. The van der Waals surface area contributed by atoms with Gasteiger partial charge in [-0.3, -0.25) is 0 Å². The van der Waals surface area contributed by atoms with Crippen LogP contribution in [0.25, 0.3) is 28.1 Å². The molecule has 0 aliphatic heterocycles. The van der Waals surface area contributed by atoms with Gasteiger partial charge in [-0.25, -0.2) is 23.4 Å². The Morgan fingerprint density at radius 3 is 2.17 bits per heavy atom. The highest BCUT2D eigenvalue weighted by molar-refractivity contribution is 7.91. The molecule has 0 atom stereocenters. The molecule has 0 N–H and O–H groups in total. The first-order valence-corrected chi connectivity index (χ1v) is 11.2. The van der Waals surface area contributed by atoms with Crippen molar-refractivity contribution in [3.63, 3.8) is 0 Å². The summed E-state index contributed by atoms with van der Waals surface area (Å²) >= 11 is 0.